The number of hydrogen-bond donors (Lipinski definition) is 2. The molecule has 0 heterocycles. The second kappa shape index (κ2) is 14.0. The van der Waals surface area contributed by atoms with Crippen molar-refractivity contribution >= 4 is 19.5 Å². The molecule has 0 aliphatic carbocycles. The number of carbonyl (C=O) groups is 2. The topological polar surface area (TPSA) is 110 Å². The molecule has 0 aromatic rings. The Morgan fingerprint density at radius 2 is 1.58 bits per heavy atom. The Morgan fingerprint density at radius 3 is 2.12 bits per heavy atom. The van der Waals surface area contributed by atoms with Gasteiger partial charge in [0.25, 0.3) is 0 Å². The molecule has 0 spiro atoms. The van der Waals surface area contributed by atoms with Gasteiger partial charge in [0.05, 0.1) is 6.16 Å². The highest BCUT2D eigenvalue weighted by atomic mass is 31.2. The summed E-state index contributed by atoms with van der Waals surface area (Å²) < 4.78 is 21.1. The van der Waals surface area contributed by atoms with Crippen LogP contribution in [0.15, 0.2) is 12.2 Å². The van der Waals surface area contributed by atoms with Crippen LogP contribution < -0.4 is 0 Å². The minimum Gasteiger partial charge on any atom is -0.425 e. The van der Waals surface area contributed by atoms with E-state index >= 15 is 0 Å². The first kappa shape index (κ1) is 24.8. The molecule has 1 unspecified atom stereocenters. The Kier molecular flexibility index (Phi) is 13.3. The first-order chi connectivity index (χ1) is 12.2. The van der Waals surface area contributed by atoms with Crippen LogP contribution in [0.4, 0.5) is 0 Å². The molecule has 0 saturated carbocycles. The molecule has 0 aromatic heterocycles. The molecule has 8 heteroatoms. The van der Waals surface area contributed by atoms with Crippen molar-refractivity contribution in [1.82, 2.24) is 0 Å². The molecule has 0 rings (SSSR count). The van der Waals surface area contributed by atoms with Crippen molar-refractivity contribution < 1.29 is 33.4 Å². The quantitative estimate of drug-likeness (QED) is 0.142. The van der Waals surface area contributed by atoms with Gasteiger partial charge in [0.1, 0.15) is 0 Å². The van der Waals surface area contributed by atoms with Crippen molar-refractivity contribution in [1.29, 1.82) is 0 Å². The maximum absolute atomic E-state index is 11.8. The van der Waals surface area contributed by atoms with Crippen molar-refractivity contribution in [2.45, 2.75) is 84.3 Å². The standard InChI is InChI=1S/C18H33O7P/c1-4-5-6-7-8-9-10-13-17(25-18(20)15(2)3)24-16(19)12-11-14-26(21,22)23/h17H,2,4-14H2,1,3H3,(H2,21,22,23). The Bertz CT molecular complexity index is 484. The number of ether oxygens (including phenoxy) is 2. The third-order valence-corrected chi connectivity index (χ3v) is 4.62. The summed E-state index contributed by atoms with van der Waals surface area (Å²) in [6.07, 6.45) is 6.50. The summed E-state index contributed by atoms with van der Waals surface area (Å²) in [5.41, 5.74) is 0.215. The van der Waals surface area contributed by atoms with Crippen LogP contribution in [0, 0.1) is 0 Å². The van der Waals surface area contributed by atoms with Gasteiger partial charge in [-0.1, -0.05) is 52.0 Å². The van der Waals surface area contributed by atoms with Crippen molar-refractivity contribution in [3.63, 3.8) is 0 Å². The molecule has 7 nitrogen and oxygen atoms in total. The van der Waals surface area contributed by atoms with E-state index < -0.39 is 25.8 Å². The predicted molar refractivity (Wildman–Crippen MR) is 99.5 cm³/mol. The Balaban J connectivity index is 4.28. The zero-order valence-corrected chi connectivity index (χ0v) is 16.8. The van der Waals surface area contributed by atoms with Gasteiger partial charge in [-0.15, -0.1) is 0 Å². The first-order valence-corrected chi connectivity index (χ1v) is 11.1. The molecule has 26 heavy (non-hydrogen) atoms. The third kappa shape index (κ3) is 15.1. The van der Waals surface area contributed by atoms with Gasteiger partial charge in [-0.2, -0.15) is 0 Å². The molecule has 0 aromatic carbocycles. The van der Waals surface area contributed by atoms with E-state index in [9.17, 15) is 14.2 Å². The molecular formula is C18H33O7P. The molecule has 0 fully saturated rings. The fourth-order valence-corrected chi connectivity index (χ4v) is 2.83. The number of esters is 2. The Morgan fingerprint density at radius 1 is 1.00 bits per heavy atom. The fraction of sp³-hybridized carbons (Fsp3) is 0.778. The van der Waals surface area contributed by atoms with Crippen LogP contribution >= 0.6 is 7.60 Å². The second-order valence-corrected chi connectivity index (χ2v) is 8.28. The lowest BCUT2D eigenvalue weighted by atomic mass is 10.1. The van der Waals surface area contributed by atoms with E-state index in [1.54, 1.807) is 0 Å². The minimum atomic E-state index is -4.13. The molecule has 0 aliphatic rings. The largest absolute Gasteiger partial charge is 0.425 e. The molecule has 1 atom stereocenters. The summed E-state index contributed by atoms with van der Waals surface area (Å²) in [5.74, 6) is -1.26. The van der Waals surface area contributed by atoms with Crippen molar-refractivity contribution in [3.05, 3.63) is 12.2 Å². The lowest BCUT2D eigenvalue weighted by Crippen LogP contribution is -2.25. The van der Waals surface area contributed by atoms with Crippen molar-refractivity contribution in [2.24, 2.45) is 0 Å². The van der Waals surface area contributed by atoms with E-state index in [2.05, 4.69) is 13.5 Å². The van der Waals surface area contributed by atoms with E-state index in [0.29, 0.717) is 6.42 Å². The Hall–Kier alpha value is -1.17. The zero-order chi connectivity index (χ0) is 20.0. The number of carbonyl (C=O) groups excluding carboxylic acids is 2. The van der Waals surface area contributed by atoms with Gasteiger partial charge in [0, 0.05) is 18.4 Å². The predicted octanol–water partition coefficient (Wildman–Crippen LogP) is 4.07. The Labute approximate surface area is 156 Å². The molecule has 2 N–H and O–H groups in total. The van der Waals surface area contributed by atoms with Crippen LogP contribution in [-0.4, -0.2) is 34.2 Å². The lowest BCUT2D eigenvalue weighted by Gasteiger charge is -2.18. The van der Waals surface area contributed by atoms with Gasteiger partial charge >= 0.3 is 19.5 Å². The summed E-state index contributed by atoms with van der Waals surface area (Å²) in [5, 5.41) is 0. The summed E-state index contributed by atoms with van der Waals surface area (Å²) in [4.78, 5) is 41.1. The van der Waals surface area contributed by atoms with E-state index in [-0.39, 0.29) is 24.6 Å². The van der Waals surface area contributed by atoms with Crippen molar-refractivity contribution in [2.75, 3.05) is 6.16 Å². The SMILES string of the molecule is C=C(C)C(=O)OC(CCCCCCCCC)OC(=O)CCCP(=O)(O)O. The number of unbranched alkanes of at least 4 members (excludes halogenated alkanes) is 6. The number of rotatable bonds is 15. The third-order valence-electron chi connectivity index (χ3n) is 3.72. The molecule has 0 bridgehead atoms. The summed E-state index contributed by atoms with van der Waals surface area (Å²) in [6.45, 7) is 7.17. The fourth-order valence-electron chi connectivity index (χ4n) is 2.26. The molecular weight excluding hydrogens is 359 g/mol. The maximum Gasteiger partial charge on any atom is 0.336 e. The van der Waals surface area contributed by atoms with Gasteiger partial charge in [0.15, 0.2) is 0 Å². The molecule has 0 aliphatic heterocycles. The minimum absolute atomic E-state index is 0.0156. The van der Waals surface area contributed by atoms with Crippen LogP contribution in [0.2, 0.25) is 0 Å². The zero-order valence-electron chi connectivity index (χ0n) is 15.9. The summed E-state index contributed by atoms with van der Waals surface area (Å²) >= 11 is 0. The van der Waals surface area contributed by atoms with Crippen LogP contribution in [0.25, 0.3) is 0 Å². The number of hydrogen-bond acceptors (Lipinski definition) is 5. The maximum atomic E-state index is 11.8. The molecule has 152 valence electrons. The highest BCUT2D eigenvalue weighted by molar-refractivity contribution is 7.51. The van der Waals surface area contributed by atoms with Gasteiger partial charge in [-0.05, 0) is 19.8 Å². The normalized spacial score (nSPS) is 12.5. The van der Waals surface area contributed by atoms with E-state index in [0.717, 1.165) is 25.7 Å². The van der Waals surface area contributed by atoms with Gasteiger partial charge < -0.3 is 19.3 Å². The molecule has 0 radical (unpaired) electrons. The smallest absolute Gasteiger partial charge is 0.336 e. The van der Waals surface area contributed by atoms with Crippen LogP contribution in [0.1, 0.15) is 78.1 Å². The lowest BCUT2D eigenvalue weighted by molar-refractivity contribution is -0.186. The van der Waals surface area contributed by atoms with E-state index in [1.165, 1.54) is 26.2 Å². The monoisotopic (exact) mass is 392 g/mol. The van der Waals surface area contributed by atoms with Gasteiger partial charge in [-0.3, -0.25) is 9.36 Å². The van der Waals surface area contributed by atoms with Crippen LogP contribution in [0.5, 0.6) is 0 Å². The molecule has 0 saturated heterocycles. The first-order valence-electron chi connectivity index (χ1n) is 9.26. The average Bonchev–Trinajstić information content (AvgIpc) is 2.52. The van der Waals surface area contributed by atoms with E-state index in [1.807, 2.05) is 0 Å². The highest BCUT2D eigenvalue weighted by Crippen LogP contribution is 2.35. The average molecular weight is 392 g/mol. The summed E-state index contributed by atoms with van der Waals surface area (Å²) in [6, 6.07) is 0. The summed E-state index contributed by atoms with van der Waals surface area (Å²) in [7, 11) is -4.13. The van der Waals surface area contributed by atoms with E-state index in [4.69, 9.17) is 19.3 Å². The van der Waals surface area contributed by atoms with Gasteiger partial charge in [0.2, 0.25) is 6.29 Å². The van der Waals surface area contributed by atoms with Gasteiger partial charge in [-0.25, -0.2) is 4.79 Å². The second-order valence-electron chi connectivity index (χ2n) is 6.51. The highest BCUT2D eigenvalue weighted by Gasteiger charge is 2.20. The van der Waals surface area contributed by atoms with Crippen LogP contribution in [-0.2, 0) is 23.6 Å². The molecule has 0 amide bonds. The van der Waals surface area contributed by atoms with Crippen LogP contribution in [0.3, 0.4) is 0 Å². The van der Waals surface area contributed by atoms with Crippen molar-refractivity contribution in [3.8, 4) is 0 Å².